The van der Waals surface area contributed by atoms with Crippen LogP contribution in [0.1, 0.15) is 23.7 Å². The van der Waals surface area contributed by atoms with E-state index in [0.29, 0.717) is 0 Å². The van der Waals surface area contributed by atoms with Crippen molar-refractivity contribution in [1.29, 1.82) is 5.26 Å². The summed E-state index contributed by atoms with van der Waals surface area (Å²) < 4.78 is 13.2. The van der Waals surface area contributed by atoms with Crippen LogP contribution in [0, 0.1) is 17.1 Å². The number of aliphatic hydroxyl groups is 2. The number of rotatable bonds is 4. The van der Waals surface area contributed by atoms with Gasteiger partial charge in [-0.05, 0) is 17.7 Å². The average molecular weight is 239 g/mol. The van der Waals surface area contributed by atoms with Gasteiger partial charge >= 0.3 is 5.97 Å². The molecular formula is C11H10FNO4. The highest BCUT2D eigenvalue weighted by Gasteiger charge is 2.21. The first-order valence-corrected chi connectivity index (χ1v) is 4.73. The zero-order valence-electron chi connectivity index (χ0n) is 8.67. The van der Waals surface area contributed by atoms with Crippen LogP contribution in [0.4, 0.5) is 4.39 Å². The molecule has 6 heteroatoms. The van der Waals surface area contributed by atoms with E-state index in [0.717, 1.165) is 12.1 Å². The molecule has 1 aromatic carbocycles. The molecule has 0 aliphatic carbocycles. The fourth-order valence-electron chi connectivity index (χ4n) is 1.32. The molecular weight excluding hydrogens is 229 g/mol. The maximum absolute atomic E-state index is 13.2. The standard InChI is InChI=1S/C11H10FNO4/c12-8-3-6(1-2-7(8)5-13)11(17)9(14)4-10(15)16/h1-3,9,11,14,17H,4H2,(H,15,16). The molecule has 0 aromatic heterocycles. The van der Waals surface area contributed by atoms with Gasteiger partial charge in [0.1, 0.15) is 18.0 Å². The van der Waals surface area contributed by atoms with Crippen molar-refractivity contribution in [1.82, 2.24) is 0 Å². The molecule has 0 amide bonds. The van der Waals surface area contributed by atoms with Gasteiger partial charge in [-0.2, -0.15) is 5.26 Å². The Bertz CT molecular complexity index is 469. The third-order valence-electron chi connectivity index (χ3n) is 2.20. The summed E-state index contributed by atoms with van der Waals surface area (Å²) in [6.07, 6.45) is -3.68. The van der Waals surface area contributed by atoms with Gasteiger partial charge in [-0.3, -0.25) is 4.79 Å². The highest BCUT2D eigenvalue weighted by atomic mass is 19.1. The molecule has 3 N–H and O–H groups in total. The van der Waals surface area contributed by atoms with Gasteiger partial charge in [0, 0.05) is 0 Å². The Morgan fingerprint density at radius 2 is 2.12 bits per heavy atom. The van der Waals surface area contributed by atoms with Gasteiger partial charge in [0.2, 0.25) is 0 Å². The van der Waals surface area contributed by atoms with Crippen molar-refractivity contribution in [3.05, 3.63) is 35.1 Å². The summed E-state index contributed by atoms with van der Waals surface area (Å²) in [6, 6.07) is 4.92. The summed E-state index contributed by atoms with van der Waals surface area (Å²) in [7, 11) is 0. The first kappa shape index (κ1) is 13.1. The van der Waals surface area contributed by atoms with Crippen LogP contribution in [-0.4, -0.2) is 27.4 Å². The zero-order chi connectivity index (χ0) is 13.0. The Kier molecular flexibility index (Phi) is 4.15. The quantitative estimate of drug-likeness (QED) is 0.712. The zero-order valence-corrected chi connectivity index (χ0v) is 8.67. The van der Waals surface area contributed by atoms with E-state index in [4.69, 9.17) is 10.4 Å². The minimum atomic E-state index is -1.53. The monoisotopic (exact) mass is 239 g/mol. The van der Waals surface area contributed by atoms with E-state index in [1.807, 2.05) is 0 Å². The number of nitriles is 1. The lowest BCUT2D eigenvalue weighted by atomic mass is 10.0. The minimum Gasteiger partial charge on any atom is -0.481 e. The average Bonchev–Trinajstić information content (AvgIpc) is 2.27. The number of hydrogen-bond donors (Lipinski definition) is 3. The minimum absolute atomic E-state index is 0.0234. The van der Waals surface area contributed by atoms with Gasteiger partial charge < -0.3 is 15.3 Å². The van der Waals surface area contributed by atoms with Crippen LogP contribution in [0.15, 0.2) is 18.2 Å². The van der Waals surface area contributed by atoms with E-state index < -0.39 is 30.4 Å². The maximum atomic E-state index is 13.2. The molecule has 1 aromatic rings. The molecule has 0 saturated heterocycles. The van der Waals surface area contributed by atoms with Crippen molar-refractivity contribution in [3.63, 3.8) is 0 Å². The molecule has 0 aliphatic heterocycles. The lowest BCUT2D eigenvalue weighted by Gasteiger charge is -2.16. The smallest absolute Gasteiger partial charge is 0.306 e. The molecule has 90 valence electrons. The molecule has 0 bridgehead atoms. The number of aliphatic carboxylic acids is 1. The maximum Gasteiger partial charge on any atom is 0.306 e. The molecule has 2 unspecified atom stereocenters. The number of halogens is 1. The molecule has 0 fully saturated rings. The summed E-state index contributed by atoms with van der Waals surface area (Å²) in [5.74, 6) is -2.10. The fraction of sp³-hybridized carbons (Fsp3) is 0.273. The van der Waals surface area contributed by atoms with Gasteiger partial charge in [-0.25, -0.2) is 4.39 Å². The van der Waals surface area contributed by atoms with Crippen LogP contribution >= 0.6 is 0 Å². The van der Waals surface area contributed by atoms with Crippen molar-refractivity contribution >= 4 is 5.97 Å². The lowest BCUT2D eigenvalue weighted by Crippen LogP contribution is -2.21. The van der Waals surface area contributed by atoms with Gasteiger partial charge in [-0.1, -0.05) is 6.07 Å². The van der Waals surface area contributed by atoms with Crippen molar-refractivity contribution in [2.45, 2.75) is 18.6 Å². The Hall–Kier alpha value is -1.97. The van der Waals surface area contributed by atoms with E-state index >= 15 is 0 Å². The van der Waals surface area contributed by atoms with E-state index in [9.17, 15) is 19.4 Å². The van der Waals surface area contributed by atoms with Crippen molar-refractivity contribution in [2.75, 3.05) is 0 Å². The summed E-state index contributed by atoms with van der Waals surface area (Å²) in [5, 5.41) is 35.8. The molecule has 0 saturated carbocycles. The number of carboxylic acid groups (broad SMARTS) is 1. The second-order valence-electron chi connectivity index (χ2n) is 3.46. The van der Waals surface area contributed by atoms with Gasteiger partial charge in [-0.15, -0.1) is 0 Å². The largest absolute Gasteiger partial charge is 0.481 e. The number of carbonyl (C=O) groups is 1. The number of carboxylic acids is 1. The molecule has 2 atom stereocenters. The van der Waals surface area contributed by atoms with Crippen LogP contribution < -0.4 is 0 Å². The first-order chi connectivity index (χ1) is 7.95. The molecule has 5 nitrogen and oxygen atoms in total. The van der Waals surface area contributed by atoms with E-state index in [1.54, 1.807) is 6.07 Å². The van der Waals surface area contributed by atoms with Gasteiger partial charge in [0.05, 0.1) is 18.1 Å². The molecule has 0 aliphatic rings. The Balaban J connectivity index is 2.90. The predicted octanol–water partition coefficient (Wildman–Crippen LogP) is 0.566. The SMILES string of the molecule is N#Cc1ccc(C(O)C(O)CC(=O)O)cc1F. The summed E-state index contributed by atoms with van der Waals surface area (Å²) in [4.78, 5) is 10.3. The molecule has 0 radical (unpaired) electrons. The lowest BCUT2D eigenvalue weighted by molar-refractivity contribution is -0.141. The highest BCUT2D eigenvalue weighted by molar-refractivity contribution is 5.67. The fourth-order valence-corrected chi connectivity index (χ4v) is 1.32. The van der Waals surface area contributed by atoms with Crippen LogP contribution in [0.2, 0.25) is 0 Å². The Labute approximate surface area is 96.4 Å². The second kappa shape index (κ2) is 5.39. The molecule has 0 heterocycles. The normalized spacial score (nSPS) is 13.8. The van der Waals surface area contributed by atoms with Crippen LogP contribution in [0.25, 0.3) is 0 Å². The summed E-state index contributed by atoms with van der Waals surface area (Å²) >= 11 is 0. The number of nitrogens with zero attached hydrogens (tertiary/aromatic N) is 1. The van der Waals surface area contributed by atoms with Crippen molar-refractivity contribution in [2.24, 2.45) is 0 Å². The van der Waals surface area contributed by atoms with Gasteiger partial charge in [0.25, 0.3) is 0 Å². The molecule has 17 heavy (non-hydrogen) atoms. The van der Waals surface area contributed by atoms with Crippen LogP contribution in [-0.2, 0) is 4.79 Å². The van der Waals surface area contributed by atoms with E-state index in [1.165, 1.54) is 6.07 Å². The number of hydrogen-bond acceptors (Lipinski definition) is 4. The Morgan fingerprint density at radius 3 is 2.59 bits per heavy atom. The Morgan fingerprint density at radius 1 is 1.47 bits per heavy atom. The van der Waals surface area contributed by atoms with Crippen LogP contribution in [0.5, 0.6) is 0 Å². The third-order valence-corrected chi connectivity index (χ3v) is 2.20. The van der Waals surface area contributed by atoms with E-state index in [2.05, 4.69) is 0 Å². The predicted molar refractivity (Wildman–Crippen MR) is 54.3 cm³/mol. The van der Waals surface area contributed by atoms with Crippen LogP contribution in [0.3, 0.4) is 0 Å². The number of benzene rings is 1. The summed E-state index contributed by atoms with van der Waals surface area (Å²) in [6.45, 7) is 0. The summed E-state index contributed by atoms with van der Waals surface area (Å²) in [5.41, 5.74) is -0.163. The number of aliphatic hydroxyl groups excluding tert-OH is 2. The highest BCUT2D eigenvalue weighted by Crippen LogP contribution is 2.21. The van der Waals surface area contributed by atoms with Gasteiger partial charge in [0.15, 0.2) is 0 Å². The second-order valence-corrected chi connectivity index (χ2v) is 3.46. The molecule has 0 spiro atoms. The van der Waals surface area contributed by atoms with E-state index in [-0.39, 0.29) is 11.1 Å². The van der Waals surface area contributed by atoms with Crippen molar-refractivity contribution < 1.29 is 24.5 Å². The topological polar surface area (TPSA) is 102 Å². The third kappa shape index (κ3) is 3.24. The first-order valence-electron chi connectivity index (χ1n) is 4.73. The molecule has 1 rings (SSSR count). The van der Waals surface area contributed by atoms with Crippen molar-refractivity contribution in [3.8, 4) is 6.07 Å².